The van der Waals surface area contributed by atoms with Crippen molar-refractivity contribution in [3.05, 3.63) is 35.5 Å². The number of H-pyrrole nitrogens is 1. The maximum Gasteiger partial charge on any atom is 0.247 e. The number of anilines is 1. The minimum atomic E-state index is -1.04. The second-order valence-corrected chi connectivity index (χ2v) is 7.15. The fraction of sp³-hybridized carbons (Fsp3) is 0.333. The van der Waals surface area contributed by atoms with Gasteiger partial charge in [-0.25, -0.2) is 19.3 Å². The van der Waals surface area contributed by atoms with E-state index in [-0.39, 0.29) is 14.6 Å². The number of rotatable bonds is 5. The molecule has 0 aliphatic rings. The predicted octanol–water partition coefficient (Wildman–Crippen LogP) is 3.97. The maximum absolute atomic E-state index is 14.3. The number of aromatic amines is 1. The zero-order chi connectivity index (χ0) is 19.8. The first-order chi connectivity index (χ1) is 12.7. The Hall–Kier alpha value is -2.74. The third-order valence-electron chi connectivity index (χ3n) is 4.27. The lowest BCUT2D eigenvalue weighted by Gasteiger charge is -2.30. The molecule has 0 radical (unpaired) electrons. The summed E-state index contributed by atoms with van der Waals surface area (Å²) in [6, 6.07) is 1.74. The van der Waals surface area contributed by atoms with Crippen molar-refractivity contribution in [2.24, 2.45) is 0 Å². The topological polar surface area (TPSA) is 86.8 Å². The number of nitrogens with zero attached hydrogens (tertiary/aromatic N) is 4. The number of aromatic nitrogens is 4. The summed E-state index contributed by atoms with van der Waals surface area (Å²) in [5.74, 6) is -0.573. The maximum atomic E-state index is 14.3. The Kier molecular flexibility index (Phi) is 5.01. The molecule has 0 unspecified atom stereocenters. The first kappa shape index (κ1) is 19.0. The number of amides is 1. The van der Waals surface area contributed by atoms with Crippen LogP contribution in [0.25, 0.3) is 22.4 Å². The van der Waals surface area contributed by atoms with E-state index in [9.17, 15) is 9.18 Å². The Balaban J connectivity index is 0.00000210. The van der Waals surface area contributed by atoms with Crippen molar-refractivity contribution in [1.29, 1.82) is 0 Å². The third kappa shape index (κ3) is 3.71. The molecule has 1 amide bonds. The number of nitrogens with one attached hydrogen (secondary N) is 2. The number of fused-ring (bicyclic) bond motifs is 1. The van der Waals surface area contributed by atoms with Crippen molar-refractivity contribution < 1.29 is 12.0 Å². The van der Waals surface area contributed by atoms with Gasteiger partial charge >= 0.3 is 0 Å². The normalized spacial score (nSPS) is 11.6. The molecule has 0 atom stereocenters. The number of carbonyl (C=O) groups is 1. The lowest BCUT2D eigenvalue weighted by molar-refractivity contribution is -0.133. The van der Waals surface area contributed by atoms with Crippen LogP contribution in [0.1, 0.15) is 23.6 Å². The molecule has 0 aliphatic heterocycles. The van der Waals surface area contributed by atoms with Gasteiger partial charge in [0.2, 0.25) is 5.91 Å². The molecule has 0 bridgehead atoms. The predicted molar refractivity (Wildman–Crippen MR) is 107 cm³/mol. The number of pyridine rings is 1. The van der Waals surface area contributed by atoms with Crippen LogP contribution >= 0.6 is 11.6 Å². The lowest BCUT2D eigenvalue weighted by atomic mass is 10.0. The molecular weight excluding hydrogens is 371 g/mol. The van der Waals surface area contributed by atoms with Crippen LogP contribution in [0.5, 0.6) is 0 Å². The van der Waals surface area contributed by atoms with E-state index in [2.05, 4.69) is 25.3 Å². The summed E-state index contributed by atoms with van der Waals surface area (Å²) in [6.07, 6.45) is 4.29. The van der Waals surface area contributed by atoms with Gasteiger partial charge in [-0.2, -0.15) is 0 Å². The summed E-state index contributed by atoms with van der Waals surface area (Å²) in [5.41, 5.74) is 0.220. The molecule has 0 saturated heterocycles. The minimum absolute atomic E-state index is 0. The van der Waals surface area contributed by atoms with E-state index in [0.29, 0.717) is 28.6 Å². The van der Waals surface area contributed by atoms with Crippen molar-refractivity contribution in [2.75, 3.05) is 18.9 Å². The van der Waals surface area contributed by atoms with Crippen LogP contribution in [0.2, 0.25) is 5.02 Å². The van der Waals surface area contributed by atoms with Gasteiger partial charge in [0, 0.05) is 39.8 Å². The monoisotopic (exact) mass is 394 g/mol. The highest BCUT2D eigenvalue weighted by molar-refractivity contribution is 6.31. The highest BCUT2D eigenvalue weighted by Crippen LogP contribution is 2.28. The summed E-state index contributed by atoms with van der Waals surface area (Å²) < 4.78 is 14.3. The van der Waals surface area contributed by atoms with E-state index in [1.807, 2.05) is 6.92 Å². The Labute approximate surface area is 164 Å². The average Bonchev–Trinajstić information content (AvgIpc) is 3.05. The zero-order valence-electron chi connectivity index (χ0n) is 15.5. The lowest BCUT2D eigenvalue weighted by Crippen LogP contribution is -2.48. The number of likely N-dealkylation sites (N-methyl/N-ethyl adjacent to an activating group) is 1. The van der Waals surface area contributed by atoms with Gasteiger partial charge in [0.05, 0.1) is 11.2 Å². The van der Waals surface area contributed by atoms with Crippen LogP contribution in [0.15, 0.2) is 24.7 Å². The van der Waals surface area contributed by atoms with E-state index < -0.39 is 11.4 Å². The van der Waals surface area contributed by atoms with Gasteiger partial charge < -0.3 is 15.2 Å². The SMILES string of the molecule is CCN(C)C(=O)C(C)(C)Nc1nc(-c2c[nH]c3ncc(Cl)cc23)ncc1F.[HH].[HH]. The molecule has 0 saturated carbocycles. The van der Waals surface area contributed by atoms with Gasteiger partial charge in [-0.3, -0.25) is 4.79 Å². The molecular formula is C18H24ClFN6O. The molecule has 2 N–H and O–H groups in total. The highest BCUT2D eigenvalue weighted by atomic mass is 35.5. The summed E-state index contributed by atoms with van der Waals surface area (Å²) in [6.45, 7) is 5.77. The van der Waals surface area contributed by atoms with Crippen LogP contribution in [0, 0.1) is 5.82 Å². The van der Waals surface area contributed by atoms with Crippen LogP contribution in [0.3, 0.4) is 0 Å². The molecule has 9 heteroatoms. The Bertz CT molecular complexity index is 1010. The number of hydrogen-bond donors (Lipinski definition) is 2. The van der Waals surface area contributed by atoms with Gasteiger partial charge in [0.15, 0.2) is 17.5 Å². The Morgan fingerprint density at radius 1 is 1.41 bits per heavy atom. The van der Waals surface area contributed by atoms with E-state index in [1.165, 1.54) is 6.20 Å². The molecule has 0 aliphatic carbocycles. The van der Waals surface area contributed by atoms with Crippen molar-refractivity contribution in [1.82, 2.24) is 24.8 Å². The van der Waals surface area contributed by atoms with Crippen LogP contribution < -0.4 is 5.32 Å². The fourth-order valence-corrected chi connectivity index (χ4v) is 2.88. The molecule has 146 valence electrons. The van der Waals surface area contributed by atoms with Gasteiger partial charge in [-0.1, -0.05) is 11.6 Å². The van der Waals surface area contributed by atoms with Gasteiger partial charge in [-0.05, 0) is 26.8 Å². The average molecular weight is 395 g/mol. The summed E-state index contributed by atoms with van der Waals surface area (Å²) in [4.78, 5) is 29.6. The minimum Gasteiger partial charge on any atom is -0.354 e. The number of halogens is 2. The largest absolute Gasteiger partial charge is 0.354 e. The molecule has 3 aromatic heterocycles. The third-order valence-corrected chi connectivity index (χ3v) is 4.48. The molecule has 7 nitrogen and oxygen atoms in total. The molecule has 0 fully saturated rings. The second-order valence-electron chi connectivity index (χ2n) is 6.71. The first-order valence-electron chi connectivity index (χ1n) is 8.42. The van der Waals surface area contributed by atoms with Gasteiger partial charge in [0.1, 0.15) is 11.2 Å². The van der Waals surface area contributed by atoms with Crippen LogP contribution in [-0.2, 0) is 4.79 Å². The molecule has 3 aromatic rings. The fourth-order valence-electron chi connectivity index (χ4n) is 2.72. The standard InChI is InChI=1S/C18H20ClFN6O.2H2/c1-5-26(4)17(27)18(2,3)25-16-13(20)9-23-15(24-16)12-8-22-14-11(12)6-10(19)7-21-14;;/h6-9H,5H2,1-4H3,(H,21,22)(H,23,24,25);2*1H. The van der Waals surface area contributed by atoms with Crippen molar-refractivity contribution in [2.45, 2.75) is 26.3 Å². The highest BCUT2D eigenvalue weighted by Gasteiger charge is 2.31. The van der Waals surface area contributed by atoms with Crippen LogP contribution in [-0.4, -0.2) is 49.9 Å². The quantitative estimate of drug-likeness (QED) is 0.683. The Morgan fingerprint density at radius 3 is 2.85 bits per heavy atom. The van der Waals surface area contributed by atoms with Crippen molar-refractivity contribution in [3.8, 4) is 11.4 Å². The van der Waals surface area contributed by atoms with Crippen molar-refractivity contribution >= 4 is 34.4 Å². The van der Waals surface area contributed by atoms with Crippen molar-refractivity contribution in [3.63, 3.8) is 0 Å². The van der Waals surface area contributed by atoms with E-state index in [4.69, 9.17) is 11.6 Å². The summed E-state index contributed by atoms with van der Waals surface area (Å²) in [7, 11) is 1.69. The molecule has 3 heterocycles. The molecule has 3 rings (SSSR count). The van der Waals surface area contributed by atoms with Crippen LogP contribution in [0.4, 0.5) is 10.2 Å². The van der Waals surface area contributed by atoms with Gasteiger partial charge in [0.25, 0.3) is 0 Å². The first-order valence-corrected chi connectivity index (χ1v) is 8.80. The number of hydrogen-bond acceptors (Lipinski definition) is 5. The summed E-state index contributed by atoms with van der Waals surface area (Å²) >= 11 is 6.03. The van der Waals surface area contributed by atoms with Gasteiger partial charge in [-0.15, -0.1) is 0 Å². The molecule has 0 aromatic carbocycles. The summed E-state index contributed by atoms with van der Waals surface area (Å²) in [5, 5.41) is 4.09. The smallest absolute Gasteiger partial charge is 0.247 e. The van der Waals surface area contributed by atoms with E-state index in [1.54, 1.807) is 38.1 Å². The molecule has 0 spiro atoms. The second kappa shape index (κ2) is 7.11. The Morgan fingerprint density at radius 2 is 2.15 bits per heavy atom. The van der Waals surface area contributed by atoms with E-state index >= 15 is 0 Å². The number of carbonyl (C=O) groups excluding carboxylic acids is 1. The zero-order valence-corrected chi connectivity index (χ0v) is 16.2. The van der Waals surface area contributed by atoms with E-state index in [0.717, 1.165) is 11.6 Å². The molecule has 27 heavy (non-hydrogen) atoms.